The Labute approximate surface area is 205 Å². The molecule has 0 radical (unpaired) electrons. The van der Waals surface area contributed by atoms with Crippen LogP contribution in [0.15, 0.2) is 42.5 Å². The molecule has 0 aliphatic carbocycles. The molecule has 9 nitrogen and oxygen atoms in total. The third kappa shape index (κ3) is 7.45. The maximum atomic E-state index is 12.6. The lowest BCUT2D eigenvalue weighted by Gasteiger charge is -2.26. The fraction of sp³-hybridized carbons (Fsp3) is 0.423. The smallest absolute Gasteiger partial charge is 0.323 e. The van der Waals surface area contributed by atoms with E-state index in [9.17, 15) is 14.4 Å². The van der Waals surface area contributed by atoms with E-state index in [-0.39, 0.29) is 30.3 Å². The Bertz CT molecular complexity index is 1060. The number of carboxylic acids is 1. The summed E-state index contributed by atoms with van der Waals surface area (Å²) in [6.45, 7) is 5.76. The monoisotopic (exact) mass is 482 g/mol. The molecule has 2 aromatic rings. The van der Waals surface area contributed by atoms with Gasteiger partial charge in [-0.3, -0.25) is 9.59 Å². The molecule has 1 saturated heterocycles. The number of nitrogens with one attached hydrogen (secondary N) is 3. The van der Waals surface area contributed by atoms with Gasteiger partial charge in [0.15, 0.2) is 0 Å². The lowest BCUT2D eigenvalue weighted by molar-refractivity contribution is -0.137. The molecule has 35 heavy (non-hydrogen) atoms. The summed E-state index contributed by atoms with van der Waals surface area (Å²) in [4.78, 5) is 37.6. The number of aliphatic carboxylic acids is 1. The summed E-state index contributed by atoms with van der Waals surface area (Å²) >= 11 is 0. The van der Waals surface area contributed by atoms with Crippen LogP contribution in [-0.4, -0.2) is 54.7 Å². The van der Waals surface area contributed by atoms with Crippen molar-refractivity contribution in [2.24, 2.45) is 5.92 Å². The van der Waals surface area contributed by atoms with Crippen molar-refractivity contribution in [2.75, 3.05) is 37.4 Å². The maximum Gasteiger partial charge on any atom is 0.323 e. The highest BCUT2D eigenvalue weighted by Crippen LogP contribution is 2.35. The number of likely N-dealkylation sites (tertiary alicyclic amines) is 1. The van der Waals surface area contributed by atoms with Crippen LogP contribution in [0.1, 0.15) is 43.4 Å². The Balaban J connectivity index is 1.71. The molecule has 0 bridgehead atoms. The van der Waals surface area contributed by atoms with E-state index < -0.39 is 5.97 Å². The first-order chi connectivity index (χ1) is 16.8. The molecule has 1 aliphatic heterocycles. The number of amides is 3. The summed E-state index contributed by atoms with van der Waals surface area (Å²) in [5.41, 5.74) is 3.09. The van der Waals surface area contributed by atoms with Crippen LogP contribution in [-0.2, 0) is 9.59 Å². The van der Waals surface area contributed by atoms with E-state index in [1.165, 1.54) is 14.0 Å². The van der Waals surface area contributed by atoms with Crippen molar-refractivity contribution >= 4 is 29.3 Å². The Morgan fingerprint density at radius 2 is 1.89 bits per heavy atom. The minimum Gasteiger partial charge on any atom is -0.495 e. The van der Waals surface area contributed by atoms with E-state index in [1.807, 2.05) is 43.3 Å². The normalized spacial score (nSPS) is 16.4. The Kier molecular flexibility index (Phi) is 9.08. The largest absolute Gasteiger partial charge is 0.495 e. The zero-order chi connectivity index (χ0) is 25.4. The first-order valence-corrected chi connectivity index (χ1v) is 11.8. The van der Waals surface area contributed by atoms with E-state index in [4.69, 9.17) is 9.84 Å². The SMILES string of the molecule is COc1cc(C(NC(C)=O)C2CCN(CCCC(=O)O)C2)ccc1NC(=O)Nc1ccccc1C. The van der Waals surface area contributed by atoms with Crippen LogP contribution in [0.5, 0.6) is 5.75 Å². The highest BCUT2D eigenvalue weighted by Gasteiger charge is 2.31. The number of carboxylic acid groups (broad SMARTS) is 1. The van der Waals surface area contributed by atoms with Crippen LogP contribution < -0.4 is 20.7 Å². The highest BCUT2D eigenvalue weighted by molar-refractivity contribution is 6.01. The predicted molar refractivity (Wildman–Crippen MR) is 135 cm³/mol. The third-order valence-electron chi connectivity index (χ3n) is 6.23. The second-order valence-electron chi connectivity index (χ2n) is 8.88. The van der Waals surface area contributed by atoms with Crippen molar-refractivity contribution < 1.29 is 24.2 Å². The molecule has 3 rings (SSSR count). The van der Waals surface area contributed by atoms with Crippen molar-refractivity contribution in [1.82, 2.24) is 10.2 Å². The summed E-state index contributed by atoms with van der Waals surface area (Å²) in [6, 6.07) is 12.4. The number of anilines is 2. The molecule has 9 heteroatoms. The summed E-state index contributed by atoms with van der Waals surface area (Å²) < 4.78 is 5.55. The molecule has 2 aromatic carbocycles. The van der Waals surface area contributed by atoms with Crippen molar-refractivity contribution in [3.8, 4) is 5.75 Å². The lowest BCUT2D eigenvalue weighted by atomic mass is 9.91. The standard InChI is InChI=1S/C26H34N4O5/c1-17-7-4-5-8-21(17)28-26(34)29-22-11-10-19(15-23(22)35-3)25(27-18(2)31)20-12-14-30(16-20)13-6-9-24(32)33/h4-5,7-8,10-11,15,20,25H,6,9,12-14,16H2,1-3H3,(H,27,31)(H,32,33)(H2,28,29,34). The van der Waals surface area contributed by atoms with Gasteiger partial charge in [0.25, 0.3) is 0 Å². The Morgan fingerprint density at radius 3 is 2.57 bits per heavy atom. The molecule has 4 N–H and O–H groups in total. The zero-order valence-corrected chi connectivity index (χ0v) is 20.5. The molecule has 1 heterocycles. The summed E-state index contributed by atoms with van der Waals surface area (Å²) in [7, 11) is 1.54. The molecular weight excluding hydrogens is 448 g/mol. The summed E-state index contributed by atoms with van der Waals surface area (Å²) in [5.74, 6) is -0.242. The Hall–Kier alpha value is -3.59. The molecule has 0 aromatic heterocycles. The molecule has 0 spiro atoms. The Morgan fingerprint density at radius 1 is 1.14 bits per heavy atom. The average Bonchev–Trinajstić information content (AvgIpc) is 3.27. The first-order valence-electron chi connectivity index (χ1n) is 11.8. The number of nitrogens with zero attached hydrogens (tertiary/aromatic N) is 1. The molecule has 1 aliphatic rings. The van der Waals surface area contributed by atoms with Crippen LogP contribution in [0.25, 0.3) is 0 Å². The van der Waals surface area contributed by atoms with E-state index in [2.05, 4.69) is 20.9 Å². The quantitative estimate of drug-likeness (QED) is 0.406. The van der Waals surface area contributed by atoms with Gasteiger partial charge in [0.05, 0.1) is 18.8 Å². The molecular formula is C26H34N4O5. The average molecular weight is 483 g/mol. The second kappa shape index (κ2) is 12.2. The number of aryl methyl sites for hydroxylation is 1. The lowest BCUT2D eigenvalue weighted by Crippen LogP contribution is -2.33. The molecule has 0 saturated carbocycles. The number of para-hydroxylation sites is 1. The van der Waals surface area contributed by atoms with Crippen LogP contribution >= 0.6 is 0 Å². The molecule has 1 fully saturated rings. The highest BCUT2D eigenvalue weighted by atomic mass is 16.5. The number of hydrogen-bond acceptors (Lipinski definition) is 5. The molecule has 2 atom stereocenters. The van der Waals surface area contributed by atoms with E-state index in [0.717, 1.165) is 42.9 Å². The predicted octanol–water partition coefficient (Wildman–Crippen LogP) is 4.01. The van der Waals surface area contributed by atoms with Crippen LogP contribution in [0.3, 0.4) is 0 Å². The minimum absolute atomic E-state index is 0.127. The number of carbonyl (C=O) groups is 3. The van der Waals surface area contributed by atoms with Gasteiger partial charge in [-0.15, -0.1) is 0 Å². The van der Waals surface area contributed by atoms with Crippen LogP contribution in [0, 0.1) is 12.8 Å². The van der Waals surface area contributed by atoms with Crippen molar-refractivity contribution in [3.63, 3.8) is 0 Å². The van der Waals surface area contributed by atoms with E-state index in [1.54, 1.807) is 6.07 Å². The topological polar surface area (TPSA) is 120 Å². The van der Waals surface area contributed by atoms with E-state index in [0.29, 0.717) is 17.9 Å². The number of rotatable bonds is 10. The second-order valence-corrected chi connectivity index (χ2v) is 8.88. The van der Waals surface area contributed by atoms with Gasteiger partial charge in [0, 0.05) is 25.6 Å². The van der Waals surface area contributed by atoms with Gasteiger partial charge in [-0.1, -0.05) is 24.3 Å². The number of ether oxygens (including phenoxy) is 1. The van der Waals surface area contributed by atoms with Crippen molar-refractivity contribution in [1.29, 1.82) is 0 Å². The fourth-order valence-corrected chi connectivity index (χ4v) is 4.48. The summed E-state index contributed by atoms with van der Waals surface area (Å²) in [6.07, 6.45) is 1.64. The zero-order valence-electron chi connectivity index (χ0n) is 20.5. The molecule has 2 unspecified atom stereocenters. The number of urea groups is 1. The van der Waals surface area contributed by atoms with Gasteiger partial charge >= 0.3 is 12.0 Å². The van der Waals surface area contributed by atoms with Gasteiger partial charge in [-0.2, -0.15) is 0 Å². The van der Waals surface area contributed by atoms with Gasteiger partial charge in [-0.05, 0) is 68.1 Å². The summed E-state index contributed by atoms with van der Waals surface area (Å²) in [5, 5.41) is 17.6. The van der Waals surface area contributed by atoms with Gasteiger partial charge in [0.1, 0.15) is 5.75 Å². The van der Waals surface area contributed by atoms with Gasteiger partial charge < -0.3 is 30.7 Å². The first kappa shape index (κ1) is 26.0. The van der Waals surface area contributed by atoms with Gasteiger partial charge in [-0.25, -0.2) is 4.79 Å². The number of carbonyl (C=O) groups excluding carboxylic acids is 2. The van der Waals surface area contributed by atoms with Crippen LogP contribution in [0.4, 0.5) is 16.2 Å². The van der Waals surface area contributed by atoms with Gasteiger partial charge in [0.2, 0.25) is 5.91 Å². The van der Waals surface area contributed by atoms with Crippen LogP contribution in [0.2, 0.25) is 0 Å². The maximum absolute atomic E-state index is 12.6. The van der Waals surface area contributed by atoms with Crippen molar-refractivity contribution in [2.45, 2.75) is 39.2 Å². The fourth-order valence-electron chi connectivity index (χ4n) is 4.48. The number of benzene rings is 2. The third-order valence-corrected chi connectivity index (χ3v) is 6.23. The van der Waals surface area contributed by atoms with E-state index >= 15 is 0 Å². The molecule has 3 amide bonds. The van der Waals surface area contributed by atoms with Crippen molar-refractivity contribution in [3.05, 3.63) is 53.6 Å². The molecule has 188 valence electrons. The number of methoxy groups -OCH3 is 1. The minimum atomic E-state index is -0.787. The number of hydrogen-bond donors (Lipinski definition) is 4.